The SMILES string of the molecule is Cc1ccccc1C1CCCCC1(O)CO. The molecule has 2 unspecified atom stereocenters. The minimum absolute atomic E-state index is 0.0902. The van der Waals surface area contributed by atoms with E-state index < -0.39 is 5.60 Å². The van der Waals surface area contributed by atoms with Crippen LogP contribution in [0.1, 0.15) is 42.7 Å². The van der Waals surface area contributed by atoms with Gasteiger partial charge in [0.2, 0.25) is 0 Å². The molecule has 2 N–H and O–H groups in total. The van der Waals surface area contributed by atoms with Gasteiger partial charge in [0.15, 0.2) is 0 Å². The molecule has 1 aromatic carbocycles. The first-order chi connectivity index (χ1) is 7.67. The quantitative estimate of drug-likeness (QED) is 0.803. The second kappa shape index (κ2) is 4.56. The Labute approximate surface area is 96.9 Å². The Morgan fingerprint density at radius 3 is 2.75 bits per heavy atom. The number of rotatable bonds is 2. The van der Waals surface area contributed by atoms with Crippen LogP contribution >= 0.6 is 0 Å². The third-order valence-electron chi connectivity index (χ3n) is 3.84. The van der Waals surface area contributed by atoms with Gasteiger partial charge in [-0.25, -0.2) is 0 Å². The smallest absolute Gasteiger partial charge is 0.0945 e. The van der Waals surface area contributed by atoms with Crippen LogP contribution in [-0.2, 0) is 0 Å². The average Bonchev–Trinajstić information content (AvgIpc) is 2.31. The van der Waals surface area contributed by atoms with Crippen molar-refractivity contribution in [3.05, 3.63) is 35.4 Å². The van der Waals surface area contributed by atoms with Crippen molar-refractivity contribution in [3.8, 4) is 0 Å². The molecule has 2 heteroatoms. The van der Waals surface area contributed by atoms with Gasteiger partial charge in [-0.05, 0) is 30.9 Å². The Balaban J connectivity index is 2.34. The summed E-state index contributed by atoms with van der Waals surface area (Å²) < 4.78 is 0. The zero-order valence-corrected chi connectivity index (χ0v) is 9.82. The van der Waals surface area contributed by atoms with Crippen molar-refractivity contribution in [3.63, 3.8) is 0 Å². The lowest BCUT2D eigenvalue weighted by molar-refractivity contribution is -0.0594. The molecule has 88 valence electrons. The van der Waals surface area contributed by atoms with E-state index in [4.69, 9.17) is 0 Å². The van der Waals surface area contributed by atoms with Crippen LogP contribution in [0.3, 0.4) is 0 Å². The van der Waals surface area contributed by atoms with Crippen LogP contribution in [0.2, 0.25) is 0 Å². The van der Waals surface area contributed by atoms with E-state index in [2.05, 4.69) is 19.1 Å². The van der Waals surface area contributed by atoms with Crippen LogP contribution in [-0.4, -0.2) is 22.4 Å². The van der Waals surface area contributed by atoms with Gasteiger partial charge in [0, 0.05) is 5.92 Å². The topological polar surface area (TPSA) is 40.5 Å². The van der Waals surface area contributed by atoms with Crippen LogP contribution < -0.4 is 0 Å². The molecule has 2 nitrogen and oxygen atoms in total. The van der Waals surface area contributed by atoms with Crippen molar-refractivity contribution in [1.29, 1.82) is 0 Å². The third-order valence-corrected chi connectivity index (χ3v) is 3.84. The summed E-state index contributed by atoms with van der Waals surface area (Å²) in [6.07, 6.45) is 3.84. The molecule has 1 aliphatic rings. The molecule has 0 aromatic heterocycles. The molecule has 2 atom stereocenters. The number of aliphatic hydroxyl groups excluding tert-OH is 1. The van der Waals surface area contributed by atoms with Gasteiger partial charge in [0.1, 0.15) is 0 Å². The molecule has 0 spiro atoms. The molecule has 0 saturated heterocycles. The standard InChI is InChI=1S/C14H20O2/c1-11-6-2-3-7-12(11)13-8-4-5-9-14(13,16)10-15/h2-3,6-7,13,15-16H,4-5,8-10H2,1H3. The maximum atomic E-state index is 10.5. The molecule has 1 saturated carbocycles. The minimum atomic E-state index is -0.912. The first kappa shape index (κ1) is 11.6. The Bertz CT molecular complexity index is 362. The highest BCUT2D eigenvalue weighted by molar-refractivity contribution is 5.32. The molecular formula is C14H20O2. The summed E-state index contributed by atoms with van der Waals surface area (Å²) in [4.78, 5) is 0. The average molecular weight is 220 g/mol. The summed E-state index contributed by atoms with van der Waals surface area (Å²) in [6.45, 7) is 1.94. The molecule has 1 aromatic rings. The molecule has 0 bridgehead atoms. The predicted octanol–water partition coefficient (Wildman–Crippen LogP) is 2.38. The van der Waals surface area contributed by atoms with Crippen molar-refractivity contribution in [1.82, 2.24) is 0 Å². The molecule has 0 aliphatic heterocycles. The Morgan fingerprint density at radius 1 is 1.31 bits per heavy atom. The number of aliphatic hydroxyl groups is 2. The summed E-state index contributed by atoms with van der Waals surface area (Å²) in [5.41, 5.74) is 1.49. The lowest BCUT2D eigenvalue weighted by Crippen LogP contribution is -2.42. The molecule has 0 amide bonds. The monoisotopic (exact) mass is 220 g/mol. The van der Waals surface area contributed by atoms with E-state index in [9.17, 15) is 10.2 Å². The highest BCUT2D eigenvalue weighted by Gasteiger charge is 2.39. The molecule has 16 heavy (non-hydrogen) atoms. The van der Waals surface area contributed by atoms with Crippen LogP contribution in [0.5, 0.6) is 0 Å². The first-order valence-corrected chi connectivity index (χ1v) is 6.06. The minimum Gasteiger partial charge on any atom is -0.393 e. The molecular weight excluding hydrogens is 200 g/mol. The maximum absolute atomic E-state index is 10.5. The lowest BCUT2D eigenvalue weighted by Gasteiger charge is -2.39. The van der Waals surface area contributed by atoms with Gasteiger partial charge in [-0.15, -0.1) is 0 Å². The fourth-order valence-corrected chi connectivity index (χ4v) is 2.83. The summed E-state index contributed by atoms with van der Waals surface area (Å²) in [6, 6.07) is 8.17. The van der Waals surface area contributed by atoms with Crippen molar-refractivity contribution in [2.75, 3.05) is 6.61 Å². The molecule has 1 aliphatic carbocycles. The van der Waals surface area contributed by atoms with Gasteiger partial charge in [0.05, 0.1) is 12.2 Å². The third kappa shape index (κ3) is 2.00. The number of benzene rings is 1. The van der Waals surface area contributed by atoms with Gasteiger partial charge >= 0.3 is 0 Å². The van der Waals surface area contributed by atoms with Crippen molar-refractivity contribution in [2.24, 2.45) is 0 Å². The Hall–Kier alpha value is -0.860. The van der Waals surface area contributed by atoms with Crippen molar-refractivity contribution < 1.29 is 10.2 Å². The number of aryl methyl sites for hydroxylation is 1. The molecule has 0 radical (unpaired) electrons. The van der Waals surface area contributed by atoms with Crippen LogP contribution in [0.4, 0.5) is 0 Å². The normalized spacial score (nSPS) is 30.3. The summed E-state index contributed by atoms with van der Waals surface area (Å²) in [7, 11) is 0. The lowest BCUT2D eigenvalue weighted by atomic mass is 9.71. The van der Waals surface area contributed by atoms with Crippen LogP contribution in [0, 0.1) is 6.92 Å². The van der Waals surface area contributed by atoms with Gasteiger partial charge < -0.3 is 10.2 Å². The van der Waals surface area contributed by atoms with E-state index >= 15 is 0 Å². The first-order valence-electron chi connectivity index (χ1n) is 6.06. The largest absolute Gasteiger partial charge is 0.393 e. The van der Waals surface area contributed by atoms with Gasteiger partial charge in [-0.3, -0.25) is 0 Å². The van der Waals surface area contributed by atoms with Gasteiger partial charge in [-0.1, -0.05) is 37.1 Å². The predicted molar refractivity (Wildman–Crippen MR) is 64.4 cm³/mol. The fraction of sp³-hybridized carbons (Fsp3) is 0.571. The molecule has 1 fully saturated rings. The molecule has 0 heterocycles. The van der Waals surface area contributed by atoms with Gasteiger partial charge in [-0.2, -0.15) is 0 Å². The summed E-state index contributed by atoms with van der Waals surface area (Å²) >= 11 is 0. The summed E-state index contributed by atoms with van der Waals surface area (Å²) in [5, 5.41) is 19.9. The van der Waals surface area contributed by atoms with Gasteiger partial charge in [0.25, 0.3) is 0 Å². The Morgan fingerprint density at radius 2 is 2.06 bits per heavy atom. The number of hydrogen-bond acceptors (Lipinski definition) is 2. The van der Waals surface area contributed by atoms with E-state index in [0.29, 0.717) is 6.42 Å². The molecule has 2 rings (SSSR count). The highest BCUT2D eigenvalue weighted by Crippen LogP contribution is 2.41. The maximum Gasteiger partial charge on any atom is 0.0945 e. The summed E-state index contributed by atoms with van der Waals surface area (Å²) in [5.74, 6) is 0.0902. The van der Waals surface area contributed by atoms with E-state index in [1.807, 2.05) is 12.1 Å². The van der Waals surface area contributed by atoms with Crippen LogP contribution in [0.15, 0.2) is 24.3 Å². The highest BCUT2D eigenvalue weighted by atomic mass is 16.3. The fourth-order valence-electron chi connectivity index (χ4n) is 2.83. The number of hydrogen-bond donors (Lipinski definition) is 2. The second-order valence-electron chi connectivity index (χ2n) is 4.92. The zero-order valence-electron chi connectivity index (χ0n) is 9.82. The van der Waals surface area contributed by atoms with E-state index in [0.717, 1.165) is 19.3 Å². The van der Waals surface area contributed by atoms with E-state index in [-0.39, 0.29) is 12.5 Å². The van der Waals surface area contributed by atoms with E-state index in [1.165, 1.54) is 11.1 Å². The Kier molecular flexibility index (Phi) is 3.31. The van der Waals surface area contributed by atoms with Crippen molar-refractivity contribution >= 4 is 0 Å². The van der Waals surface area contributed by atoms with E-state index in [1.54, 1.807) is 0 Å². The second-order valence-corrected chi connectivity index (χ2v) is 4.92. The van der Waals surface area contributed by atoms with Crippen LogP contribution in [0.25, 0.3) is 0 Å². The zero-order chi connectivity index (χ0) is 11.6. The van der Waals surface area contributed by atoms with Crippen molar-refractivity contribution in [2.45, 2.75) is 44.1 Å².